The van der Waals surface area contributed by atoms with Crippen molar-refractivity contribution in [2.75, 3.05) is 11.9 Å². The van der Waals surface area contributed by atoms with Gasteiger partial charge in [0, 0.05) is 23.3 Å². The number of likely N-dealkylation sites (tertiary alicyclic amines) is 1. The summed E-state index contributed by atoms with van der Waals surface area (Å²) in [4.78, 5) is 14.8. The molecule has 114 valence electrons. The van der Waals surface area contributed by atoms with Crippen LogP contribution in [-0.2, 0) is 4.79 Å². The molecule has 21 heavy (non-hydrogen) atoms. The Kier molecular flexibility index (Phi) is 5.31. The molecule has 0 radical (unpaired) electrons. The van der Waals surface area contributed by atoms with Gasteiger partial charge in [0.05, 0.1) is 6.54 Å². The third kappa shape index (κ3) is 4.25. The van der Waals surface area contributed by atoms with Gasteiger partial charge in [0.2, 0.25) is 5.91 Å². The first kappa shape index (κ1) is 15.9. The van der Waals surface area contributed by atoms with Gasteiger partial charge in [0.25, 0.3) is 0 Å². The lowest BCUT2D eigenvalue weighted by Gasteiger charge is -2.38. The van der Waals surface area contributed by atoms with E-state index < -0.39 is 0 Å². The monoisotopic (exact) mass is 305 g/mol. The predicted molar refractivity (Wildman–Crippen MR) is 90.4 cm³/mol. The number of thiocarbonyl (C=S) groups is 1. The SMILES string of the molecule is C[C@@H]1CCC[C@H](C)N1CC(=O)Nc1ccc(C(N)=S)cc1. The Bertz CT molecular complexity index is 505. The number of anilines is 1. The van der Waals surface area contributed by atoms with Crippen LogP contribution in [0, 0.1) is 0 Å². The fourth-order valence-electron chi connectivity index (χ4n) is 2.87. The summed E-state index contributed by atoms with van der Waals surface area (Å²) in [7, 11) is 0. The lowest BCUT2D eigenvalue weighted by Crippen LogP contribution is -2.47. The van der Waals surface area contributed by atoms with Crippen molar-refractivity contribution in [3.8, 4) is 0 Å². The molecule has 1 heterocycles. The molecule has 0 bridgehead atoms. The largest absolute Gasteiger partial charge is 0.389 e. The van der Waals surface area contributed by atoms with Crippen LogP contribution in [0.5, 0.6) is 0 Å². The number of piperidine rings is 1. The summed E-state index contributed by atoms with van der Waals surface area (Å²) in [5.74, 6) is 0.0266. The highest BCUT2D eigenvalue weighted by molar-refractivity contribution is 7.80. The molecule has 1 aromatic rings. The van der Waals surface area contributed by atoms with Crippen molar-refractivity contribution in [1.29, 1.82) is 0 Å². The van der Waals surface area contributed by atoms with Crippen molar-refractivity contribution in [3.05, 3.63) is 29.8 Å². The Labute approximate surface area is 131 Å². The van der Waals surface area contributed by atoms with Crippen molar-refractivity contribution < 1.29 is 4.79 Å². The van der Waals surface area contributed by atoms with Crippen LogP contribution in [0.1, 0.15) is 38.7 Å². The van der Waals surface area contributed by atoms with E-state index >= 15 is 0 Å². The Morgan fingerprint density at radius 2 is 1.86 bits per heavy atom. The highest BCUT2D eigenvalue weighted by Crippen LogP contribution is 2.22. The molecule has 4 nitrogen and oxygen atoms in total. The second-order valence-electron chi connectivity index (χ2n) is 5.79. The summed E-state index contributed by atoms with van der Waals surface area (Å²) in [6.45, 7) is 4.83. The summed E-state index contributed by atoms with van der Waals surface area (Å²) in [5.41, 5.74) is 7.14. The van der Waals surface area contributed by atoms with E-state index in [1.807, 2.05) is 24.3 Å². The van der Waals surface area contributed by atoms with E-state index in [0.29, 0.717) is 23.6 Å². The maximum Gasteiger partial charge on any atom is 0.238 e. The summed E-state index contributed by atoms with van der Waals surface area (Å²) >= 11 is 4.91. The molecule has 1 aliphatic heterocycles. The maximum atomic E-state index is 12.2. The zero-order chi connectivity index (χ0) is 15.4. The fourth-order valence-corrected chi connectivity index (χ4v) is 3.01. The molecular weight excluding hydrogens is 282 g/mol. The molecule has 3 N–H and O–H groups in total. The first-order chi connectivity index (χ1) is 9.97. The average Bonchev–Trinajstić information content (AvgIpc) is 2.43. The van der Waals surface area contributed by atoms with Gasteiger partial charge in [0.1, 0.15) is 4.99 Å². The molecule has 1 amide bonds. The number of nitrogens with one attached hydrogen (secondary N) is 1. The number of hydrogen-bond donors (Lipinski definition) is 2. The van der Waals surface area contributed by atoms with Gasteiger partial charge >= 0.3 is 0 Å². The summed E-state index contributed by atoms with van der Waals surface area (Å²) in [5, 5.41) is 2.93. The number of benzene rings is 1. The van der Waals surface area contributed by atoms with Gasteiger partial charge in [-0.1, -0.05) is 18.6 Å². The minimum atomic E-state index is 0.0266. The van der Waals surface area contributed by atoms with Crippen LogP contribution in [0.25, 0.3) is 0 Å². The van der Waals surface area contributed by atoms with Crippen molar-refractivity contribution >= 4 is 28.8 Å². The summed E-state index contributed by atoms with van der Waals surface area (Å²) < 4.78 is 0. The quantitative estimate of drug-likeness (QED) is 0.839. The first-order valence-corrected chi connectivity index (χ1v) is 7.83. The van der Waals surface area contributed by atoms with Gasteiger partial charge in [-0.2, -0.15) is 0 Å². The van der Waals surface area contributed by atoms with Crippen LogP contribution in [-0.4, -0.2) is 34.4 Å². The molecule has 0 aromatic heterocycles. The van der Waals surface area contributed by atoms with E-state index in [1.54, 1.807) is 0 Å². The molecule has 0 saturated carbocycles. The van der Waals surface area contributed by atoms with Crippen LogP contribution in [0.3, 0.4) is 0 Å². The van der Waals surface area contributed by atoms with E-state index in [2.05, 4.69) is 24.1 Å². The summed E-state index contributed by atoms with van der Waals surface area (Å²) in [6, 6.07) is 8.24. The Morgan fingerprint density at radius 1 is 1.29 bits per heavy atom. The van der Waals surface area contributed by atoms with Crippen molar-refractivity contribution in [3.63, 3.8) is 0 Å². The molecule has 1 aliphatic rings. The van der Waals surface area contributed by atoms with Crippen molar-refractivity contribution in [1.82, 2.24) is 4.90 Å². The standard InChI is InChI=1S/C16H23N3OS/c1-11-4-3-5-12(2)19(11)10-15(20)18-14-8-6-13(7-9-14)16(17)21/h6-9,11-12H,3-5,10H2,1-2H3,(H2,17,21)(H,18,20)/t11-,12+. The van der Waals surface area contributed by atoms with Gasteiger partial charge in [-0.25, -0.2) is 0 Å². The number of rotatable bonds is 4. The number of nitrogens with zero attached hydrogens (tertiary/aromatic N) is 1. The Morgan fingerprint density at radius 3 is 2.38 bits per heavy atom. The van der Waals surface area contributed by atoms with Gasteiger partial charge in [0.15, 0.2) is 0 Å². The van der Waals surface area contributed by atoms with Crippen molar-refractivity contribution in [2.24, 2.45) is 5.73 Å². The zero-order valence-corrected chi connectivity index (χ0v) is 13.5. The van der Waals surface area contributed by atoms with E-state index in [0.717, 1.165) is 11.3 Å². The van der Waals surface area contributed by atoms with Crippen molar-refractivity contribution in [2.45, 2.75) is 45.2 Å². The Balaban J connectivity index is 1.93. The van der Waals surface area contributed by atoms with Crippen LogP contribution < -0.4 is 11.1 Å². The van der Waals surface area contributed by atoms with Gasteiger partial charge < -0.3 is 11.1 Å². The third-order valence-electron chi connectivity index (χ3n) is 4.16. The number of carbonyl (C=O) groups excluding carboxylic acids is 1. The number of hydrogen-bond acceptors (Lipinski definition) is 3. The van der Waals surface area contributed by atoms with Crippen LogP contribution in [0.2, 0.25) is 0 Å². The molecule has 1 fully saturated rings. The summed E-state index contributed by atoms with van der Waals surface area (Å²) in [6.07, 6.45) is 3.58. The van der Waals surface area contributed by atoms with Crippen LogP contribution >= 0.6 is 12.2 Å². The number of amides is 1. The third-order valence-corrected chi connectivity index (χ3v) is 4.39. The van der Waals surface area contributed by atoms with E-state index in [-0.39, 0.29) is 5.91 Å². The first-order valence-electron chi connectivity index (χ1n) is 7.43. The zero-order valence-electron chi connectivity index (χ0n) is 12.6. The molecular formula is C16H23N3OS. The van der Waals surface area contributed by atoms with Crippen LogP contribution in [0.15, 0.2) is 24.3 Å². The van der Waals surface area contributed by atoms with Gasteiger partial charge in [-0.15, -0.1) is 0 Å². The second kappa shape index (κ2) is 7.00. The lowest BCUT2D eigenvalue weighted by molar-refractivity contribution is -0.118. The lowest BCUT2D eigenvalue weighted by atomic mass is 9.97. The van der Waals surface area contributed by atoms with Gasteiger partial charge in [-0.05, 0) is 51.0 Å². The maximum absolute atomic E-state index is 12.2. The minimum absolute atomic E-state index is 0.0266. The molecule has 0 aliphatic carbocycles. The normalized spacial score (nSPS) is 22.8. The number of nitrogens with two attached hydrogens (primary N) is 1. The molecule has 2 atom stereocenters. The van der Waals surface area contributed by atoms with E-state index in [1.165, 1.54) is 19.3 Å². The van der Waals surface area contributed by atoms with Gasteiger partial charge in [-0.3, -0.25) is 9.69 Å². The molecule has 0 unspecified atom stereocenters. The van der Waals surface area contributed by atoms with E-state index in [9.17, 15) is 4.79 Å². The molecule has 1 aromatic carbocycles. The Hall–Kier alpha value is -1.46. The highest BCUT2D eigenvalue weighted by Gasteiger charge is 2.26. The average molecular weight is 305 g/mol. The fraction of sp³-hybridized carbons (Fsp3) is 0.500. The second-order valence-corrected chi connectivity index (χ2v) is 6.23. The molecule has 0 spiro atoms. The molecule has 1 saturated heterocycles. The molecule has 2 rings (SSSR count). The minimum Gasteiger partial charge on any atom is -0.389 e. The highest BCUT2D eigenvalue weighted by atomic mass is 32.1. The number of carbonyl (C=O) groups is 1. The molecule has 5 heteroatoms. The van der Waals surface area contributed by atoms with Crippen LogP contribution in [0.4, 0.5) is 5.69 Å². The topological polar surface area (TPSA) is 58.4 Å². The predicted octanol–water partition coefficient (Wildman–Crippen LogP) is 2.52. The van der Waals surface area contributed by atoms with E-state index in [4.69, 9.17) is 18.0 Å². The smallest absolute Gasteiger partial charge is 0.238 e.